The van der Waals surface area contributed by atoms with Gasteiger partial charge in [-0.05, 0) is 25.0 Å². The first-order chi connectivity index (χ1) is 13.3. The fraction of sp³-hybridized carbons (Fsp3) is 0.444. The van der Waals surface area contributed by atoms with Crippen LogP contribution in [0.4, 0.5) is 0 Å². The SMILES string of the molecule is Cl.O=C(c1cc(-c2ccco2)[nH]n1)N1CCC(c2nnc3n2CCNC3)CC1. The first-order valence-corrected chi connectivity index (χ1v) is 9.31. The Morgan fingerprint density at radius 1 is 1.21 bits per heavy atom. The van der Waals surface area contributed by atoms with Crippen LogP contribution < -0.4 is 5.32 Å². The second-order valence-electron chi connectivity index (χ2n) is 7.01. The molecule has 1 fully saturated rings. The van der Waals surface area contributed by atoms with Crippen molar-refractivity contribution in [3.05, 3.63) is 41.8 Å². The van der Waals surface area contributed by atoms with Crippen molar-refractivity contribution >= 4 is 18.3 Å². The first-order valence-electron chi connectivity index (χ1n) is 9.31. The van der Waals surface area contributed by atoms with E-state index in [-0.39, 0.29) is 18.3 Å². The standard InChI is InChI=1S/C18H21N7O2.ClH/c26-18(14-10-13(20-21-14)15-2-1-9-27-15)24-6-3-12(4-7-24)17-23-22-16-11-19-5-8-25(16)17;/h1-2,9-10,12,19H,3-8,11H2,(H,20,21);1H. The maximum absolute atomic E-state index is 12.8. The molecule has 2 aliphatic heterocycles. The summed E-state index contributed by atoms with van der Waals surface area (Å²) in [6, 6.07) is 5.39. The van der Waals surface area contributed by atoms with Crippen LogP contribution in [0.2, 0.25) is 0 Å². The number of amides is 1. The van der Waals surface area contributed by atoms with E-state index in [1.165, 1.54) is 0 Å². The molecule has 0 aromatic carbocycles. The lowest BCUT2D eigenvalue weighted by Crippen LogP contribution is -2.39. The summed E-state index contributed by atoms with van der Waals surface area (Å²) >= 11 is 0. The number of carbonyl (C=O) groups is 1. The van der Waals surface area contributed by atoms with Gasteiger partial charge in [0, 0.05) is 38.2 Å². The molecule has 2 aliphatic rings. The Morgan fingerprint density at radius 2 is 2.07 bits per heavy atom. The molecule has 9 nitrogen and oxygen atoms in total. The number of carbonyl (C=O) groups excluding carboxylic acids is 1. The minimum Gasteiger partial charge on any atom is -0.463 e. The molecule has 0 unspecified atom stereocenters. The number of rotatable bonds is 3. The molecule has 0 saturated carbocycles. The molecule has 0 bridgehead atoms. The summed E-state index contributed by atoms with van der Waals surface area (Å²) in [5.41, 5.74) is 1.13. The summed E-state index contributed by atoms with van der Waals surface area (Å²) in [5, 5.41) is 19.1. The van der Waals surface area contributed by atoms with E-state index < -0.39 is 0 Å². The Hall–Kier alpha value is -2.65. The molecule has 3 aromatic heterocycles. The van der Waals surface area contributed by atoms with Crippen LogP contribution in [0.3, 0.4) is 0 Å². The molecular weight excluding hydrogens is 382 g/mol. The Balaban J connectivity index is 0.00000192. The molecule has 0 aliphatic carbocycles. The van der Waals surface area contributed by atoms with Gasteiger partial charge in [-0.25, -0.2) is 0 Å². The van der Waals surface area contributed by atoms with Crippen LogP contribution in [-0.4, -0.2) is 55.4 Å². The maximum atomic E-state index is 12.8. The monoisotopic (exact) mass is 403 g/mol. The van der Waals surface area contributed by atoms with Crippen LogP contribution in [0.5, 0.6) is 0 Å². The molecule has 2 N–H and O–H groups in total. The lowest BCUT2D eigenvalue weighted by atomic mass is 9.95. The number of halogens is 1. The highest BCUT2D eigenvalue weighted by Crippen LogP contribution is 2.28. The van der Waals surface area contributed by atoms with Crippen LogP contribution in [0.1, 0.15) is 40.9 Å². The fourth-order valence-corrected chi connectivity index (χ4v) is 3.91. The number of furan rings is 1. The van der Waals surface area contributed by atoms with Crippen molar-refractivity contribution in [1.29, 1.82) is 0 Å². The van der Waals surface area contributed by atoms with Gasteiger partial charge in [-0.3, -0.25) is 9.89 Å². The zero-order chi connectivity index (χ0) is 18.2. The Morgan fingerprint density at radius 3 is 2.86 bits per heavy atom. The van der Waals surface area contributed by atoms with Gasteiger partial charge in [0.05, 0.1) is 12.8 Å². The number of piperidine rings is 1. The normalized spacial score (nSPS) is 17.2. The van der Waals surface area contributed by atoms with E-state index in [4.69, 9.17) is 4.42 Å². The topological polar surface area (TPSA) is 105 Å². The third kappa shape index (κ3) is 3.31. The highest BCUT2D eigenvalue weighted by molar-refractivity contribution is 5.93. The molecular formula is C18H22ClN7O2. The number of hydrogen-bond donors (Lipinski definition) is 2. The van der Waals surface area contributed by atoms with Crippen molar-refractivity contribution < 1.29 is 9.21 Å². The second kappa shape index (κ2) is 7.76. The van der Waals surface area contributed by atoms with Crippen molar-refractivity contribution in [2.75, 3.05) is 19.6 Å². The van der Waals surface area contributed by atoms with E-state index in [2.05, 4.69) is 30.3 Å². The number of H-pyrrole nitrogens is 1. The molecule has 0 spiro atoms. The lowest BCUT2D eigenvalue weighted by Gasteiger charge is -2.31. The fourth-order valence-electron chi connectivity index (χ4n) is 3.91. The summed E-state index contributed by atoms with van der Waals surface area (Å²) in [4.78, 5) is 14.6. The first kappa shape index (κ1) is 18.7. The largest absolute Gasteiger partial charge is 0.463 e. The summed E-state index contributed by atoms with van der Waals surface area (Å²) in [6.45, 7) is 4.05. The summed E-state index contributed by atoms with van der Waals surface area (Å²) in [7, 11) is 0. The van der Waals surface area contributed by atoms with Gasteiger partial charge in [-0.2, -0.15) is 5.10 Å². The van der Waals surface area contributed by atoms with Crippen LogP contribution in [0.15, 0.2) is 28.9 Å². The second-order valence-corrected chi connectivity index (χ2v) is 7.01. The van der Waals surface area contributed by atoms with Gasteiger partial charge in [0.15, 0.2) is 11.5 Å². The number of nitrogens with zero attached hydrogens (tertiary/aromatic N) is 5. The molecule has 148 valence electrons. The molecule has 5 rings (SSSR count). The number of aromatic amines is 1. The van der Waals surface area contributed by atoms with Gasteiger partial charge in [0.25, 0.3) is 5.91 Å². The summed E-state index contributed by atoms with van der Waals surface area (Å²) in [6.07, 6.45) is 3.39. The third-order valence-electron chi connectivity index (χ3n) is 5.38. The van der Waals surface area contributed by atoms with Gasteiger partial charge in [-0.15, -0.1) is 22.6 Å². The molecule has 0 radical (unpaired) electrons. The van der Waals surface area contributed by atoms with E-state index in [1.54, 1.807) is 12.3 Å². The Kier molecular flexibility index (Phi) is 5.19. The average molecular weight is 404 g/mol. The Bertz CT molecular complexity index is 941. The molecule has 3 aromatic rings. The highest BCUT2D eigenvalue weighted by atomic mass is 35.5. The number of hydrogen-bond acceptors (Lipinski definition) is 6. The van der Waals surface area contributed by atoms with Crippen LogP contribution in [-0.2, 0) is 13.1 Å². The predicted octanol–water partition coefficient (Wildman–Crippen LogP) is 1.81. The van der Waals surface area contributed by atoms with Crippen molar-refractivity contribution in [2.45, 2.75) is 31.8 Å². The summed E-state index contributed by atoms with van der Waals surface area (Å²) < 4.78 is 7.58. The van der Waals surface area contributed by atoms with Gasteiger partial charge < -0.3 is 19.2 Å². The van der Waals surface area contributed by atoms with E-state index in [1.807, 2.05) is 17.0 Å². The van der Waals surface area contributed by atoms with Gasteiger partial charge in [-0.1, -0.05) is 0 Å². The van der Waals surface area contributed by atoms with Gasteiger partial charge in [0.2, 0.25) is 0 Å². The highest BCUT2D eigenvalue weighted by Gasteiger charge is 2.30. The van der Waals surface area contributed by atoms with Gasteiger partial charge in [0.1, 0.15) is 17.3 Å². The average Bonchev–Trinajstić information content (AvgIpc) is 3.47. The number of likely N-dealkylation sites (tertiary alicyclic amines) is 1. The van der Waals surface area contributed by atoms with E-state index in [0.717, 1.165) is 44.1 Å². The van der Waals surface area contributed by atoms with E-state index in [0.29, 0.717) is 36.2 Å². The quantitative estimate of drug-likeness (QED) is 0.691. The zero-order valence-corrected chi connectivity index (χ0v) is 16.1. The minimum absolute atomic E-state index is 0. The lowest BCUT2D eigenvalue weighted by molar-refractivity contribution is 0.0704. The molecule has 1 saturated heterocycles. The number of aromatic nitrogens is 5. The van der Waals surface area contributed by atoms with E-state index in [9.17, 15) is 4.79 Å². The minimum atomic E-state index is -0.0463. The third-order valence-corrected chi connectivity index (χ3v) is 5.38. The zero-order valence-electron chi connectivity index (χ0n) is 15.3. The molecule has 5 heterocycles. The molecule has 1 amide bonds. The van der Waals surface area contributed by atoms with Crippen molar-refractivity contribution in [3.63, 3.8) is 0 Å². The van der Waals surface area contributed by atoms with Gasteiger partial charge >= 0.3 is 0 Å². The number of nitrogens with one attached hydrogen (secondary N) is 2. The van der Waals surface area contributed by atoms with Crippen LogP contribution in [0, 0.1) is 0 Å². The maximum Gasteiger partial charge on any atom is 0.274 e. The van der Waals surface area contributed by atoms with Crippen molar-refractivity contribution in [2.24, 2.45) is 0 Å². The summed E-state index contributed by atoms with van der Waals surface area (Å²) in [5.74, 6) is 3.06. The van der Waals surface area contributed by atoms with Crippen LogP contribution >= 0.6 is 12.4 Å². The van der Waals surface area contributed by atoms with Crippen LogP contribution in [0.25, 0.3) is 11.5 Å². The van der Waals surface area contributed by atoms with Crippen molar-refractivity contribution in [3.8, 4) is 11.5 Å². The molecule has 0 atom stereocenters. The van der Waals surface area contributed by atoms with Crippen molar-refractivity contribution in [1.82, 2.24) is 35.2 Å². The number of fused-ring (bicyclic) bond motifs is 1. The predicted molar refractivity (Wildman–Crippen MR) is 103 cm³/mol. The molecule has 28 heavy (non-hydrogen) atoms. The molecule has 10 heteroatoms. The smallest absolute Gasteiger partial charge is 0.274 e. The Labute approximate surface area is 167 Å². The van der Waals surface area contributed by atoms with E-state index >= 15 is 0 Å².